The van der Waals surface area contributed by atoms with Gasteiger partial charge >= 0.3 is 12.1 Å². The first-order valence-corrected chi connectivity index (χ1v) is 5.96. The van der Waals surface area contributed by atoms with Gasteiger partial charge in [-0.25, -0.2) is 9.31 Å². The smallest absolute Gasteiger partial charge is 0.433 e. The molecule has 0 unspecified atom stereocenters. The van der Waals surface area contributed by atoms with Crippen LogP contribution >= 0.6 is 27.5 Å². The summed E-state index contributed by atoms with van der Waals surface area (Å²) in [5.74, 6) is -0.905. The summed E-state index contributed by atoms with van der Waals surface area (Å²) in [6.45, 7) is 0. The molecule has 0 radical (unpaired) electrons. The highest BCUT2D eigenvalue weighted by molar-refractivity contribution is 9.10. The molecule has 0 spiro atoms. The van der Waals surface area contributed by atoms with Crippen molar-refractivity contribution in [2.24, 2.45) is 0 Å². The van der Waals surface area contributed by atoms with Crippen LogP contribution in [-0.4, -0.2) is 22.7 Å². The number of halogens is 5. The van der Waals surface area contributed by atoms with Crippen molar-refractivity contribution in [1.29, 1.82) is 0 Å². The molecule has 0 saturated heterocycles. The number of hydrogen-bond acceptors (Lipinski definition) is 3. The second-order valence-electron chi connectivity index (χ2n) is 3.51. The van der Waals surface area contributed by atoms with Gasteiger partial charge in [-0.05, 0) is 12.1 Å². The highest BCUT2D eigenvalue weighted by Gasteiger charge is 2.35. The second kappa shape index (κ2) is 4.68. The monoisotopic (exact) mass is 356 g/mol. The van der Waals surface area contributed by atoms with Crippen LogP contribution in [0.1, 0.15) is 16.2 Å². The third kappa shape index (κ3) is 2.42. The zero-order valence-corrected chi connectivity index (χ0v) is 11.6. The van der Waals surface area contributed by atoms with E-state index < -0.39 is 17.8 Å². The van der Waals surface area contributed by atoms with Crippen LogP contribution in [0.3, 0.4) is 0 Å². The molecule has 0 aliphatic heterocycles. The van der Waals surface area contributed by atoms with Gasteiger partial charge in [0.05, 0.1) is 12.6 Å². The Morgan fingerprint density at radius 2 is 2.11 bits per heavy atom. The minimum absolute atomic E-state index is 0.0382. The van der Waals surface area contributed by atoms with E-state index in [0.717, 1.165) is 13.2 Å². The van der Waals surface area contributed by atoms with Crippen molar-refractivity contribution in [3.05, 3.63) is 33.0 Å². The third-order valence-corrected chi connectivity index (χ3v) is 3.14. The number of pyridine rings is 1. The number of methoxy groups -OCH3 is 1. The van der Waals surface area contributed by atoms with Gasteiger partial charge in [0.2, 0.25) is 0 Å². The number of rotatable bonds is 1. The maximum Gasteiger partial charge on any atom is 0.433 e. The minimum Gasteiger partial charge on any atom is -0.464 e. The lowest BCUT2D eigenvalue weighted by molar-refractivity contribution is -0.142. The average molecular weight is 358 g/mol. The Morgan fingerprint density at radius 3 is 2.63 bits per heavy atom. The third-order valence-electron chi connectivity index (χ3n) is 2.31. The van der Waals surface area contributed by atoms with Crippen molar-refractivity contribution in [1.82, 2.24) is 9.61 Å². The number of alkyl halides is 3. The van der Waals surface area contributed by atoms with Gasteiger partial charge in [0, 0.05) is 4.47 Å². The fraction of sp³-hybridized carbons (Fsp3) is 0.200. The summed E-state index contributed by atoms with van der Waals surface area (Å²) in [5.41, 5.74) is -1.45. The normalized spacial score (nSPS) is 11.9. The van der Waals surface area contributed by atoms with Gasteiger partial charge in [0.15, 0.2) is 5.69 Å². The predicted octanol–water partition coefficient (Wildman–Crippen LogP) is 3.56. The van der Waals surface area contributed by atoms with Crippen LogP contribution in [0.5, 0.6) is 0 Å². The number of esters is 1. The second-order valence-corrected chi connectivity index (χ2v) is 4.80. The van der Waals surface area contributed by atoms with Crippen molar-refractivity contribution < 1.29 is 22.7 Å². The van der Waals surface area contributed by atoms with E-state index in [4.69, 9.17) is 11.6 Å². The van der Waals surface area contributed by atoms with Crippen LogP contribution in [0.25, 0.3) is 5.52 Å². The molecule has 2 aromatic heterocycles. The first kappa shape index (κ1) is 14.1. The van der Waals surface area contributed by atoms with Gasteiger partial charge in [-0.2, -0.15) is 18.3 Å². The molecule has 0 aromatic carbocycles. The van der Waals surface area contributed by atoms with E-state index in [1.165, 1.54) is 6.07 Å². The van der Waals surface area contributed by atoms with Gasteiger partial charge in [-0.3, -0.25) is 0 Å². The molecular weight excluding hydrogens is 352 g/mol. The molecule has 19 heavy (non-hydrogen) atoms. The van der Waals surface area contributed by atoms with Crippen molar-refractivity contribution in [3.63, 3.8) is 0 Å². The molecule has 2 rings (SSSR count). The molecule has 0 aliphatic carbocycles. The number of aromatic nitrogens is 2. The van der Waals surface area contributed by atoms with Gasteiger partial charge in [-0.1, -0.05) is 27.5 Å². The first-order valence-electron chi connectivity index (χ1n) is 4.79. The minimum atomic E-state index is -4.63. The summed E-state index contributed by atoms with van der Waals surface area (Å²) in [4.78, 5) is 11.4. The topological polar surface area (TPSA) is 43.6 Å². The highest BCUT2D eigenvalue weighted by atomic mass is 79.9. The number of hydrogen-bond donors (Lipinski definition) is 0. The van der Waals surface area contributed by atoms with Gasteiger partial charge in [0.25, 0.3) is 0 Å². The number of carbonyl (C=O) groups excluding carboxylic acids is 1. The molecule has 0 aliphatic rings. The summed E-state index contributed by atoms with van der Waals surface area (Å²) in [5, 5.41) is 3.36. The van der Waals surface area contributed by atoms with E-state index in [2.05, 4.69) is 25.8 Å². The Bertz CT molecular complexity index is 669. The fourth-order valence-corrected chi connectivity index (χ4v) is 2.20. The zero-order valence-electron chi connectivity index (χ0n) is 9.26. The molecule has 0 amide bonds. The lowest BCUT2D eigenvalue weighted by atomic mass is 10.3. The molecule has 0 bridgehead atoms. The fourth-order valence-electron chi connectivity index (χ4n) is 1.51. The van der Waals surface area contributed by atoms with E-state index in [-0.39, 0.29) is 20.7 Å². The number of nitrogens with zero attached hydrogens (tertiary/aromatic N) is 2. The Morgan fingerprint density at radius 1 is 1.47 bits per heavy atom. The molecule has 0 saturated carbocycles. The van der Waals surface area contributed by atoms with E-state index in [1.807, 2.05) is 0 Å². The quantitative estimate of drug-likeness (QED) is 0.733. The van der Waals surface area contributed by atoms with Crippen LogP contribution in [0.2, 0.25) is 5.02 Å². The number of ether oxygens (including phenoxy) is 1. The molecule has 4 nitrogen and oxygen atoms in total. The van der Waals surface area contributed by atoms with Crippen molar-refractivity contribution in [2.45, 2.75) is 6.18 Å². The van der Waals surface area contributed by atoms with Crippen LogP contribution in [-0.2, 0) is 10.9 Å². The highest BCUT2D eigenvalue weighted by Crippen LogP contribution is 2.34. The summed E-state index contributed by atoms with van der Waals surface area (Å²) in [6.07, 6.45) is -4.63. The largest absolute Gasteiger partial charge is 0.464 e. The maximum absolute atomic E-state index is 12.9. The molecule has 102 valence electrons. The molecule has 0 atom stereocenters. The number of carbonyl (C=O) groups is 1. The van der Waals surface area contributed by atoms with Crippen LogP contribution in [0.15, 0.2) is 16.6 Å². The Kier molecular flexibility index (Phi) is 3.48. The lowest BCUT2D eigenvalue weighted by Crippen LogP contribution is -2.13. The molecule has 9 heteroatoms. The van der Waals surface area contributed by atoms with Crippen molar-refractivity contribution in [2.75, 3.05) is 7.11 Å². The van der Waals surface area contributed by atoms with Crippen molar-refractivity contribution >= 4 is 39.0 Å². The van der Waals surface area contributed by atoms with E-state index >= 15 is 0 Å². The van der Waals surface area contributed by atoms with Crippen LogP contribution < -0.4 is 0 Å². The van der Waals surface area contributed by atoms with Crippen molar-refractivity contribution in [3.8, 4) is 0 Å². The summed E-state index contributed by atoms with van der Waals surface area (Å²) < 4.78 is 43.8. The molecule has 0 N–H and O–H groups in total. The Hall–Kier alpha value is -1.28. The van der Waals surface area contributed by atoms with Crippen LogP contribution in [0, 0.1) is 0 Å². The summed E-state index contributed by atoms with van der Waals surface area (Å²) in [7, 11) is 1.09. The lowest BCUT2D eigenvalue weighted by Gasteiger charge is -2.09. The van der Waals surface area contributed by atoms with Gasteiger partial charge in [0.1, 0.15) is 10.7 Å². The predicted molar refractivity (Wildman–Crippen MR) is 64.2 cm³/mol. The molecule has 0 fully saturated rings. The van der Waals surface area contributed by atoms with Gasteiger partial charge < -0.3 is 4.74 Å². The Labute approximate surface area is 118 Å². The average Bonchev–Trinajstić information content (AvgIpc) is 2.64. The van der Waals surface area contributed by atoms with Gasteiger partial charge in [-0.15, -0.1) is 0 Å². The molecular formula is C10H5BrClF3N2O2. The summed E-state index contributed by atoms with van der Waals surface area (Å²) in [6, 6.07) is 2.18. The zero-order chi connectivity index (χ0) is 14.4. The Balaban J connectivity index is 2.83. The summed E-state index contributed by atoms with van der Waals surface area (Å²) >= 11 is 8.81. The molecule has 2 aromatic rings. The standard InChI is InChI=1S/C10H5BrClF3N2O2/c1-19-9(18)8-7(12)5-2-4(11)3-6(10(13,14)15)17(5)16-8/h2-3H,1H3. The SMILES string of the molecule is COC(=O)c1nn2c(C(F)(F)F)cc(Br)cc2c1Cl. The maximum atomic E-state index is 12.9. The van der Waals surface area contributed by atoms with Crippen LogP contribution in [0.4, 0.5) is 13.2 Å². The number of fused-ring (bicyclic) bond motifs is 1. The molecule has 2 heterocycles. The first-order chi connectivity index (χ1) is 8.75. The van der Waals surface area contributed by atoms with E-state index in [0.29, 0.717) is 4.52 Å². The van der Waals surface area contributed by atoms with E-state index in [1.54, 1.807) is 0 Å². The van der Waals surface area contributed by atoms with E-state index in [9.17, 15) is 18.0 Å².